The van der Waals surface area contributed by atoms with Crippen molar-refractivity contribution in [1.29, 1.82) is 0 Å². The van der Waals surface area contributed by atoms with Crippen LogP contribution in [0.3, 0.4) is 0 Å². The van der Waals surface area contributed by atoms with Gasteiger partial charge in [0.25, 0.3) is 0 Å². The fourth-order valence-corrected chi connectivity index (χ4v) is 2.18. The molecule has 0 atom stereocenters. The summed E-state index contributed by atoms with van der Waals surface area (Å²) >= 11 is 5.95. The first-order chi connectivity index (χ1) is 8.75. The normalized spacial score (nSPS) is 10.7. The summed E-state index contributed by atoms with van der Waals surface area (Å²) in [7, 11) is 0. The number of rotatable bonds is 1. The van der Waals surface area contributed by atoms with Crippen molar-refractivity contribution in [3.05, 3.63) is 59.8 Å². The van der Waals surface area contributed by atoms with E-state index in [0.29, 0.717) is 10.7 Å². The minimum Gasteiger partial charge on any atom is -0.398 e. The molecule has 0 amide bonds. The molecule has 3 aromatic rings. The number of hydrogen-bond donors (Lipinski definition) is 1. The lowest BCUT2D eigenvalue weighted by Crippen LogP contribution is -1.88. The maximum absolute atomic E-state index is 5.95. The monoisotopic (exact) mass is 254 g/mol. The lowest BCUT2D eigenvalue weighted by molar-refractivity contribution is 1.41. The Morgan fingerprint density at radius 1 is 1.00 bits per heavy atom. The summed E-state index contributed by atoms with van der Waals surface area (Å²) in [6.45, 7) is 0. The van der Waals surface area contributed by atoms with E-state index in [0.717, 1.165) is 22.0 Å². The van der Waals surface area contributed by atoms with Gasteiger partial charge in [-0.1, -0.05) is 35.9 Å². The van der Waals surface area contributed by atoms with Crippen LogP contribution in [-0.4, -0.2) is 4.98 Å². The highest BCUT2D eigenvalue weighted by atomic mass is 35.5. The minimum atomic E-state index is 0.581. The number of aromatic nitrogens is 1. The van der Waals surface area contributed by atoms with Gasteiger partial charge in [-0.15, -0.1) is 0 Å². The van der Waals surface area contributed by atoms with Crippen LogP contribution in [0.25, 0.3) is 22.0 Å². The van der Waals surface area contributed by atoms with Gasteiger partial charge in [-0.05, 0) is 35.4 Å². The molecule has 0 radical (unpaired) electrons. The number of nitrogen functional groups attached to an aromatic ring is 1. The largest absolute Gasteiger partial charge is 0.398 e. The molecule has 0 spiro atoms. The number of nitrogens with two attached hydrogens (primary N) is 1. The molecule has 18 heavy (non-hydrogen) atoms. The molecule has 1 heterocycles. The molecule has 0 bridgehead atoms. The van der Waals surface area contributed by atoms with Gasteiger partial charge in [0.05, 0.1) is 16.2 Å². The van der Waals surface area contributed by atoms with Crippen molar-refractivity contribution in [2.45, 2.75) is 0 Å². The van der Waals surface area contributed by atoms with Crippen molar-refractivity contribution < 1.29 is 0 Å². The molecule has 2 N–H and O–H groups in total. The zero-order valence-electron chi connectivity index (χ0n) is 9.60. The van der Waals surface area contributed by atoms with E-state index < -0.39 is 0 Å². The van der Waals surface area contributed by atoms with Crippen LogP contribution in [-0.2, 0) is 0 Å². The van der Waals surface area contributed by atoms with Crippen molar-refractivity contribution in [3.8, 4) is 11.1 Å². The molecule has 2 aromatic carbocycles. The summed E-state index contributed by atoms with van der Waals surface area (Å²) < 4.78 is 0. The molecule has 0 aliphatic heterocycles. The Balaban J connectivity index is 2.28. The molecule has 0 saturated carbocycles. The minimum absolute atomic E-state index is 0.581. The standard InChI is InChI=1S/C15H11ClN2/c16-13-7-6-10(9-14(13)17)11-3-1-5-15-12(11)4-2-8-18-15/h1-9H,17H2. The van der Waals surface area contributed by atoms with Crippen LogP contribution in [0.5, 0.6) is 0 Å². The molecule has 0 aliphatic rings. The summed E-state index contributed by atoms with van der Waals surface area (Å²) in [4.78, 5) is 4.35. The van der Waals surface area contributed by atoms with Crippen molar-refractivity contribution in [2.24, 2.45) is 0 Å². The van der Waals surface area contributed by atoms with Crippen LogP contribution in [0.1, 0.15) is 0 Å². The highest BCUT2D eigenvalue weighted by molar-refractivity contribution is 6.33. The molecule has 2 nitrogen and oxygen atoms in total. The van der Waals surface area contributed by atoms with E-state index in [4.69, 9.17) is 17.3 Å². The molecule has 1 aromatic heterocycles. The van der Waals surface area contributed by atoms with Crippen LogP contribution in [0.15, 0.2) is 54.7 Å². The maximum atomic E-state index is 5.95. The van der Waals surface area contributed by atoms with Crippen LogP contribution < -0.4 is 5.73 Å². The van der Waals surface area contributed by atoms with E-state index in [1.54, 1.807) is 6.20 Å². The third-order valence-electron chi connectivity index (χ3n) is 2.95. The van der Waals surface area contributed by atoms with Crippen molar-refractivity contribution in [1.82, 2.24) is 4.98 Å². The van der Waals surface area contributed by atoms with Gasteiger partial charge in [0.2, 0.25) is 0 Å². The Morgan fingerprint density at radius 3 is 2.72 bits per heavy atom. The SMILES string of the molecule is Nc1cc(-c2cccc3ncccc23)ccc1Cl. The maximum Gasteiger partial charge on any atom is 0.0708 e. The first-order valence-electron chi connectivity index (χ1n) is 5.65. The first kappa shape index (κ1) is 11.1. The van der Waals surface area contributed by atoms with Gasteiger partial charge >= 0.3 is 0 Å². The zero-order valence-corrected chi connectivity index (χ0v) is 10.4. The fraction of sp³-hybridized carbons (Fsp3) is 0. The Morgan fingerprint density at radius 2 is 1.89 bits per heavy atom. The quantitative estimate of drug-likeness (QED) is 0.663. The van der Waals surface area contributed by atoms with Gasteiger partial charge in [0.15, 0.2) is 0 Å². The highest BCUT2D eigenvalue weighted by Gasteiger charge is 2.05. The van der Waals surface area contributed by atoms with Gasteiger partial charge in [-0.3, -0.25) is 4.98 Å². The Hall–Kier alpha value is -2.06. The van der Waals surface area contributed by atoms with Crippen molar-refractivity contribution >= 4 is 28.2 Å². The van der Waals surface area contributed by atoms with Gasteiger partial charge < -0.3 is 5.73 Å². The zero-order chi connectivity index (χ0) is 12.5. The van der Waals surface area contributed by atoms with E-state index in [2.05, 4.69) is 17.1 Å². The Bertz CT molecular complexity index is 717. The number of nitrogens with zero attached hydrogens (tertiary/aromatic N) is 1. The third kappa shape index (κ3) is 1.81. The Labute approximate surface area is 110 Å². The molecular formula is C15H11ClN2. The van der Waals surface area contributed by atoms with Crippen LogP contribution in [0.4, 0.5) is 5.69 Å². The molecule has 3 heteroatoms. The molecule has 0 fully saturated rings. The highest BCUT2D eigenvalue weighted by Crippen LogP contribution is 2.31. The van der Waals surface area contributed by atoms with Gasteiger partial charge in [0.1, 0.15) is 0 Å². The number of fused-ring (bicyclic) bond motifs is 1. The summed E-state index contributed by atoms with van der Waals surface area (Å²) in [6, 6.07) is 15.7. The number of pyridine rings is 1. The van der Waals surface area contributed by atoms with Crippen molar-refractivity contribution in [3.63, 3.8) is 0 Å². The van der Waals surface area contributed by atoms with Crippen LogP contribution in [0, 0.1) is 0 Å². The average Bonchev–Trinajstić information content (AvgIpc) is 2.41. The second-order valence-corrected chi connectivity index (χ2v) is 4.52. The van der Waals surface area contributed by atoms with E-state index in [1.807, 2.05) is 36.4 Å². The van der Waals surface area contributed by atoms with Crippen LogP contribution in [0.2, 0.25) is 5.02 Å². The Kier molecular flexibility index (Phi) is 2.65. The second kappa shape index (κ2) is 4.31. The topological polar surface area (TPSA) is 38.9 Å². The molecule has 88 valence electrons. The predicted octanol–water partition coefficient (Wildman–Crippen LogP) is 4.14. The van der Waals surface area contributed by atoms with E-state index in [1.165, 1.54) is 0 Å². The van der Waals surface area contributed by atoms with Gasteiger partial charge in [-0.2, -0.15) is 0 Å². The number of halogens is 1. The molecule has 3 rings (SSSR count). The third-order valence-corrected chi connectivity index (χ3v) is 3.30. The number of benzene rings is 2. The van der Waals surface area contributed by atoms with Crippen molar-refractivity contribution in [2.75, 3.05) is 5.73 Å². The summed E-state index contributed by atoms with van der Waals surface area (Å²) in [5, 5.41) is 1.69. The first-order valence-corrected chi connectivity index (χ1v) is 6.02. The number of hydrogen-bond acceptors (Lipinski definition) is 2. The lowest BCUT2D eigenvalue weighted by Gasteiger charge is -2.07. The average molecular weight is 255 g/mol. The molecular weight excluding hydrogens is 244 g/mol. The summed E-state index contributed by atoms with van der Waals surface area (Å²) in [6.07, 6.45) is 1.79. The van der Waals surface area contributed by atoms with E-state index in [-0.39, 0.29) is 0 Å². The fourth-order valence-electron chi connectivity index (χ4n) is 2.07. The molecule has 0 saturated heterocycles. The second-order valence-electron chi connectivity index (χ2n) is 4.11. The van der Waals surface area contributed by atoms with E-state index >= 15 is 0 Å². The van der Waals surface area contributed by atoms with Gasteiger partial charge in [0, 0.05) is 11.6 Å². The smallest absolute Gasteiger partial charge is 0.0708 e. The number of anilines is 1. The lowest BCUT2D eigenvalue weighted by atomic mass is 10.0. The molecule has 0 aliphatic carbocycles. The van der Waals surface area contributed by atoms with E-state index in [9.17, 15) is 0 Å². The van der Waals surface area contributed by atoms with Gasteiger partial charge in [-0.25, -0.2) is 0 Å². The predicted molar refractivity (Wildman–Crippen MR) is 76.6 cm³/mol. The summed E-state index contributed by atoms with van der Waals surface area (Å²) in [5.74, 6) is 0. The summed E-state index contributed by atoms with van der Waals surface area (Å²) in [5.41, 5.74) is 9.59. The molecule has 0 unspecified atom stereocenters. The van der Waals surface area contributed by atoms with Crippen LogP contribution >= 0.6 is 11.6 Å².